The highest BCUT2D eigenvalue weighted by Gasteiger charge is 2.32. The van der Waals surface area contributed by atoms with Crippen LogP contribution < -0.4 is 10.2 Å². The summed E-state index contributed by atoms with van der Waals surface area (Å²) in [6.45, 7) is 5.61. The molecule has 2 aliphatic rings. The van der Waals surface area contributed by atoms with E-state index in [1.807, 2.05) is 18.3 Å². The van der Waals surface area contributed by atoms with Gasteiger partial charge in [-0.1, -0.05) is 6.07 Å². The average molecular weight is 248 g/mol. The molecule has 5 nitrogen and oxygen atoms in total. The van der Waals surface area contributed by atoms with Gasteiger partial charge in [-0.25, -0.2) is 4.98 Å². The standard InChI is InChI=1S/C13H20N4O/c18-12-10-14-9-11(12)16-5-7-17(8-6-16)13-3-1-2-4-15-13/h1-4,11-12,14,18H,5-10H2/t11-,12-/m0/s1. The molecule has 98 valence electrons. The van der Waals surface area contributed by atoms with Crippen LogP contribution in [-0.2, 0) is 0 Å². The lowest BCUT2D eigenvalue weighted by molar-refractivity contribution is 0.0791. The molecule has 3 rings (SSSR count). The number of nitrogens with one attached hydrogen (secondary N) is 1. The SMILES string of the molecule is O[C@H]1CNC[C@@H]1N1CCN(c2ccccn2)CC1. The molecule has 3 heterocycles. The van der Waals surface area contributed by atoms with Crippen molar-refractivity contribution in [3.8, 4) is 0 Å². The van der Waals surface area contributed by atoms with E-state index in [9.17, 15) is 5.11 Å². The summed E-state index contributed by atoms with van der Waals surface area (Å²) in [5.41, 5.74) is 0. The summed E-state index contributed by atoms with van der Waals surface area (Å²) in [6, 6.07) is 6.32. The molecule has 2 fully saturated rings. The Morgan fingerprint density at radius 1 is 1.17 bits per heavy atom. The second kappa shape index (κ2) is 5.22. The summed E-state index contributed by atoms with van der Waals surface area (Å²) in [5.74, 6) is 1.06. The van der Waals surface area contributed by atoms with Crippen molar-refractivity contribution < 1.29 is 5.11 Å². The van der Waals surface area contributed by atoms with Gasteiger partial charge in [0.25, 0.3) is 0 Å². The lowest BCUT2D eigenvalue weighted by Gasteiger charge is -2.39. The Bertz CT molecular complexity index is 378. The molecule has 0 aromatic carbocycles. The number of β-amino-alcohol motifs (C(OH)–C–C–N with tert-alkyl or cyclic N) is 1. The third-order valence-electron chi connectivity index (χ3n) is 3.91. The molecule has 1 aromatic rings. The maximum absolute atomic E-state index is 9.89. The number of aliphatic hydroxyl groups is 1. The first-order chi connectivity index (χ1) is 8.84. The second-order valence-electron chi connectivity index (χ2n) is 5.00. The van der Waals surface area contributed by atoms with Gasteiger partial charge in [0.1, 0.15) is 5.82 Å². The van der Waals surface area contributed by atoms with Gasteiger partial charge in [0.15, 0.2) is 0 Å². The van der Waals surface area contributed by atoms with Gasteiger partial charge in [-0.15, -0.1) is 0 Å². The van der Waals surface area contributed by atoms with Crippen molar-refractivity contribution >= 4 is 5.82 Å². The number of aliphatic hydroxyl groups excluding tert-OH is 1. The molecule has 18 heavy (non-hydrogen) atoms. The first-order valence-electron chi connectivity index (χ1n) is 6.63. The highest BCUT2D eigenvalue weighted by Crippen LogP contribution is 2.16. The summed E-state index contributed by atoms with van der Waals surface area (Å²) < 4.78 is 0. The van der Waals surface area contributed by atoms with Crippen molar-refractivity contribution in [3.05, 3.63) is 24.4 Å². The number of rotatable bonds is 2. The number of anilines is 1. The molecule has 2 aliphatic heterocycles. The van der Waals surface area contributed by atoms with Crippen LogP contribution in [-0.4, -0.2) is 66.4 Å². The minimum atomic E-state index is -0.216. The molecular weight excluding hydrogens is 228 g/mol. The molecule has 2 N–H and O–H groups in total. The number of pyridine rings is 1. The summed E-state index contributed by atoms with van der Waals surface area (Å²) in [7, 11) is 0. The van der Waals surface area contributed by atoms with Gasteiger partial charge in [0.2, 0.25) is 0 Å². The Kier molecular flexibility index (Phi) is 3.45. The fourth-order valence-corrected chi connectivity index (χ4v) is 2.85. The predicted molar refractivity (Wildman–Crippen MR) is 70.7 cm³/mol. The smallest absolute Gasteiger partial charge is 0.128 e. The van der Waals surface area contributed by atoms with Crippen LogP contribution in [0.1, 0.15) is 0 Å². The van der Waals surface area contributed by atoms with Gasteiger partial charge < -0.3 is 15.3 Å². The maximum Gasteiger partial charge on any atom is 0.128 e. The molecule has 0 radical (unpaired) electrons. The molecule has 2 atom stereocenters. The molecule has 0 unspecified atom stereocenters. The van der Waals surface area contributed by atoms with E-state index in [4.69, 9.17) is 0 Å². The monoisotopic (exact) mass is 248 g/mol. The Morgan fingerprint density at radius 3 is 2.61 bits per heavy atom. The Morgan fingerprint density at radius 2 is 2.00 bits per heavy atom. The van der Waals surface area contributed by atoms with Crippen molar-refractivity contribution in [1.82, 2.24) is 15.2 Å². The minimum absolute atomic E-state index is 0.216. The zero-order valence-corrected chi connectivity index (χ0v) is 10.5. The van der Waals surface area contributed by atoms with Crippen LogP contribution in [0.3, 0.4) is 0 Å². The lowest BCUT2D eigenvalue weighted by Crippen LogP contribution is -2.53. The molecule has 0 spiro atoms. The number of hydrogen-bond donors (Lipinski definition) is 2. The second-order valence-corrected chi connectivity index (χ2v) is 5.00. The fraction of sp³-hybridized carbons (Fsp3) is 0.615. The Hall–Kier alpha value is -1.17. The van der Waals surface area contributed by atoms with Crippen LogP contribution in [0.15, 0.2) is 24.4 Å². The van der Waals surface area contributed by atoms with Gasteiger partial charge in [-0.3, -0.25) is 4.90 Å². The average Bonchev–Trinajstić information content (AvgIpc) is 2.86. The zero-order valence-electron chi connectivity index (χ0n) is 10.5. The normalized spacial score (nSPS) is 29.7. The third-order valence-corrected chi connectivity index (χ3v) is 3.91. The number of nitrogens with zero attached hydrogens (tertiary/aromatic N) is 3. The predicted octanol–water partition coefficient (Wildman–Crippen LogP) is -0.464. The van der Waals surface area contributed by atoms with E-state index in [0.717, 1.165) is 45.1 Å². The van der Waals surface area contributed by atoms with Gasteiger partial charge in [0, 0.05) is 51.5 Å². The fourth-order valence-electron chi connectivity index (χ4n) is 2.85. The molecule has 0 saturated carbocycles. The first-order valence-corrected chi connectivity index (χ1v) is 6.63. The summed E-state index contributed by atoms with van der Waals surface area (Å²) in [6.07, 6.45) is 1.62. The van der Waals surface area contributed by atoms with Gasteiger partial charge in [0.05, 0.1) is 6.10 Å². The van der Waals surface area contributed by atoms with Gasteiger partial charge >= 0.3 is 0 Å². The summed E-state index contributed by atoms with van der Waals surface area (Å²) in [4.78, 5) is 9.09. The van der Waals surface area contributed by atoms with E-state index in [-0.39, 0.29) is 12.1 Å². The van der Waals surface area contributed by atoms with Crippen LogP contribution in [0.5, 0.6) is 0 Å². The molecule has 0 aliphatic carbocycles. The van der Waals surface area contributed by atoms with Crippen LogP contribution in [0.4, 0.5) is 5.82 Å². The molecule has 0 amide bonds. The number of hydrogen-bond acceptors (Lipinski definition) is 5. The van der Waals surface area contributed by atoms with Crippen molar-refractivity contribution in [2.75, 3.05) is 44.2 Å². The Labute approximate surface area is 107 Å². The molecule has 0 bridgehead atoms. The van der Waals surface area contributed by atoms with Crippen molar-refractivity contribution in [3.63, 3.8) is 0 Å². The van der Waals surface area contributed by atoms with E-state index in [1.165, 1.54) is 0 Å². The summed E-state index contributed by atoms with van der Waals surface area (Å²) in [5, 5.41) is 13.1. The van der Waals surface area contributed by atoms with E-state index in [0.29, 0.717) is 0 Å². The number of piperazine rings is 1. The van der Waals surface area contributed by atoms with Crippen LogP contribution in [0.2, 0.25) is 0 Å². The summed E-state index contributed by atoms with van der Waals surface area (Å²) >= 11 is 0. The molecule has 2 saturated heterocycles. The van der Waals surface area contributed by atoms with Crippen molar-refractivity contribution in [2.45, 2.75) is 12.1 Å². The van der Waals surface area contributed by atoms with Gasteiger partial charge in [-0.2, -0.15) is 0 Å². The van der Waals surface area contributed by atoms with E-state index >= 15 is 0 Å². The van der Waals surface area contributed by atoms with E-state index in [1.54, 1.807) is 0 Å². The van der Waals surface area contributed by atoms with Gasteiger partial charge in [-0.05, 0) is 12.1 Å². The lowest BCUT2D eigenvalue weighted by atomic mass is 10.1. The maximum atomic E-state index is 9.89. The molecule has 5 heteroatoms. The zero-order chi connectivity index (χ0) is 12.4. The highest BCUT2D eigenvalue weighted by molar-refractivity contribution is 5.38. The molecule has 1 aromatic heterocycles. The van der Waals surface area contributed by atoms with Crippen molar-refractivity contribution in [2.24, 2.45) is 0 Å². The van der Waals surface area contributed by atoms with Crippen LogP contribution in [0.25, 0.3) is 0 Å². The van der Waals surface area contributed by atoms with Crippen LogP contribution >= 0.6 is 0 Å². The largest absolute Gasteiger partial charge is 0.390 e. The van der Waals surface area contributed by atoms with E-state index in [2.05, 4.69) is 26.2 Å². The Balaban J connectivity index is 1.58. The van der Waals surface area contributed by atoms with E-state index < -0.39 is 0 Å². The highest BCUT2D eigenvalue weighted by atomic mass is 16.3. The third kappa shape index (κ3) is 2.34. The number of aromatic nitrogens is 1. The first kappa shape index (κ1) is 11.9. The topological polar surface area (TPSA) is 51.6 Å². The van der Waals surface area contributed by atoms with Crippen LogP contribution in [0, 0.1) is 0 Å². The quantitative estimate of drug-likeness (QED) is 0.741. The molecular formula is C13H20N4O. The minimum Gasteiger partial charge on any atom is -0.390 e. The van der Waals surface area contributed by atoms with Crippen molar-refractivity contribution in [1.29, 1.82) is 0 Å².